The number of amides is 1. The molecule has 1 aromatic carbocycles. The Balaban J connectivity index is 2.73. The van der Waals surface area contributed by atoms with E-state index in [2.05, 4.69) is 21.2 Å². The van der Waals surface area contributed by atoms with Gasteiger partial charge >= 0.3 is 0 Å². The minimum Gasteiger partial charge on any atom is -0.481 e. The molecule has 82 valence electrons. The zero-order chi connectivity index (χ0) is 11.4. The standard InChI is InChI=1S/C11H14BrNO2/c1-7-6-9(4-5-10(7)12)15-8(2)11(14)13-3/h4-6,8H,1-3H3,(H,13,14). The van der Waals surface area contributed by atoms with E-state index in [4.69, 9.17) is 4.74 Å². The molecule has 0 aliphatic carbocycles. The van der Waals surface area contributed by atoms with Gasteiger partial charge in [0.05, 0.1) is 0 Å². The van der Waals surface area contributed by atoms with Gasteiger partial charge in [0.2, 0.25) is 0 Å². The second kappa shape index (κ2) is 5.16. The Hall–Kier alpha value is -1.03. The van der Waals surface area contributed by atoms with Gasteiger partial charge in [0, 0.05) is 11.5 Å². The Morgan fingerprint density at radius 2 is 2.20 bits per heavy atom. The molecule has 3 nitrogen and oxygen atoms in total. The second-order valence-corrected chi connectivity index (χ2v) is 4.14. The Labute approximate surface area is 97.9 Å². The molecule has 0 radical (unpaired) electrons. The van der Waals surface area contributed by atoms with Crippen LogP contribution >= 0.6 is 15.9 Å². The molecule has 0 aliphatic heterocycles. The molecule has 0 saturated carbocycles. The maximum atomic E-state index is 11.2. The van der Waals surface area contributed by atoms with Crippen molar-refractivity contribution in [3.05, 3.63) is 28.2 Å². The van der Waals surface area contributed by atoms with E-state index < -0.39 is 6.10 Å². The third kappa shape index (κ3) is 3.23. The molecule has 0 fully saturated rings. The van der Waals surface area contributed by atoms with E-state index in [1.165, 1.54) is 0 Å². The molecule has 1 unspecified atom stereocenters. The van der Waals surface area contributed by atoms with E-state index in [0.29, 0.717) is 5.75 Å². The van der Waals surface area contributed by atoms with E-state index in [1.54, 1.807) is 14.0 Å². The molecule has 1 amide bonds. The number of ether oxygens (including phenoxy) is 1. The summed E-state index contributed by atoms with van der Waals surface area (Å²) in [5.41, 5.74) is 1.08. The number of benzene rings is 1. The number of hydrogen-bond acceptors (Lipinski definition) is 2. The number of nitrogens with one attached hydrogen (secondary N) is 1. The minimum absolute atomic E-state index is 0.129. The number of likely N-dealkylation sites (N-methyl/N-ethyl adjacent to an activating group) is 1. The number of hydrogen-bond donors (Lipinski definition) is 1. The van der Waals surface area contributed by atoms with Crippen molar-refractivity contribution >= 4 is 21.8 Å². The molecule has 0 heterocycles. The molecular weight excluding hydrogens is 258 g/mol. The van der Waals surface area contributed by atoms with E-state index in [-0.39, 0.29) is 5.91 Å². The first kappa shape index (κ1) is 12.0. The lowest BCUT2D eigenvalue weighted by atomic mass is 10.2. The van der Waals surface area contributed by atoms with Crippen LogP contribution in [-0.4, -0.2) is 19.1 Å². The molecule has 0 aromatic heterocycles. The van der Waals surface area contributed by atoms with Crippen LogP contribution in [0.4, 0.5) is 0 Å². The average molecular weight is 272 g/mol. The van der Waals surface area contributed by atoms with Crippen LogP contribution in [0.1, 0.15) is 12.5 Å². The van der Waals surface area contributed by atoms with Gasteiger partial charge in [0.15, 0.2) is 6.10 Å². The predicted molar refractivity (Wildman–Crippen MR) is 63.0 cm³/mol. The normalized spacial score (nSPS) is 12.0. The van der Waals surface area contributed by atoms with Gasteiger partial charge in [-0.3, -0.25) is 4.79 Å². The SMILES string of the molecule is CNC(=O)C(C)Oc1ccc(Br)c(C)c1. The number of halogens is 1. The zero-order valence-corrected chi connectivity index (χ0v) is 10.6. The molecule has 1 N–H and O–H groups in total. The molecule has 0 bridgehead atoms. The lowest BCUT2D eigenvalue weighted by molar-refractivity contribution is -0.126. The van der Waals surface area contributed by atoms with Crippen LogP contribution in [0.25, 0.3) is 0 Å². The van der Waals surface area contributed by atoms with Crippen molar-refractivity contribution in [2.24, 2.45) is 0 Å². The molecule has 0 spiro atoms. The molecule has 0 saturated heterocycles. The lowest BCUT2D eigenvalue weighted by Crippen LogP contribution is -2.33. The maximum Gasteiger partial charge on any atom is 0.260 e. The molecule has 0 aliphatic rings. The highest BCUT2D eigenvalue weighted by atomic mass is 79.9. The van der Waals surface area contributed by atoms with Gasteiger partial charge in [0.25, 0.3) is 5.91 Å². The summed E-state index contributed by atoms with van der Waals surface area (Å²) in [5.74, 6) is 0.572. The quantitative estimate of drug-likeness (QED) is 0.916. The van der Waals surface area contributed by atoms with Crippen molar-refractivity contribution in [3.63, 3.8) is 0 Å². The van der Waals surface area contributed by atoms with Gasteiger partial charge in [-0.2, -0.15) is 0 Å². The van der Waals surface area contributed by atoms with Crippen LogP contribution in [0.2, 0.25) is 0 Å². The number of aryl methyl sites for hydroxylation is 1. The fourth-order valence-electron chi connectivity index (χ4n) is 1.15. The van der Waals surface area contributed by atoms with Crippen LogP contribution in [0.5, 0.6) is 5.75 Å². The van der Waals surface area contributed by atoms with Crippen molar-refractivity contribution in [3.8, 4) is 5.75 Å². The maximum absolute atomic E-state index is 11.2. The number of rotatable bonds is 3. The summed E-state index contributed by atoms with van der Waals surface area (Å²) in [6.45, 7) is 3.69. The van der Waals surface area contributed by atoms with Crippen LogP contribution in [-0.2, 0) is 4.79 Å². The van der Waals surface area contributed by atoms with Crippen molar-refractivity contribution in [2.75, 3.05) is 7.05 Å². The zero-order valence-electron chi connectivity index (χ0n) is 9.00. The van der Waals surface area contributed by atoms with Crippen LogP contribution < -0.4 is 10.1 Å². The molecule has 15 heavy (non-hydrogen) atoms. The molecule has 4 heteroatoms. The summed E-state index contributed by atoms with van der Waals surface area (Å²) >= 11 is 3.40. The van der Waals surface area contributed by atoms with Crippen LogP contribution in [0.3, 0.4) is 0 Å². The highest BCUT2D eigenvalue weighted by molar-refractivity contribution is 9.10. The van der Waals surface area contributed by atoms with Gasteiger partial charge in [-0.15, -0.1) is 0 Å². The first-order valence-corrected chi connectivity index (χ1v) is 5.48. The molecular formula is C11H14BrNO2. The summed E-state index contributed by atoms with van der Waals surface area (Å²) in [7, 11) is 1.59. The Kier molecular flexibility index (Phi) is 4.15. The third-order valence-electron chi connectivity index (χ3n) is 2.06. The number of carbonyl (C=O) groups excluding carboxylic acids is 1. The van der Waals surface area contributed by atoms with Crippen LogP contribution in [0.15, 0.2) is 22.7 Å². The minimum atomic E-state index is -0.476. The fraction of sp³-hybridized carbons (Fsp3) is 0.364. The summed E-state index contributed by atoms with van der Waals surface area (Å²) in [6.07, 6.45) is -0.476. The highest BCUT2D eigenvalue weighted by Crippen LogP contribution is 2.22. The average Bonchev–Trinajstić information content (AvgIpc) is 2.22. The van der Waals surface area contributed by atoms with E-state index in [1.807, 2.05) is 25.1 Å². The molecule has 1 atom stereocenters. The monoisotopic (exact) mass is 271 g/mol. The second-order valence-electron chi connectivity index (χ2n) is 3.29. The van der Waals surface area contributed by atoms with E-state index in [9.17, 15) is 4.79 Å². The summed E-state index contributed by atoms with van der Waals surface area (Å²) < 4.78 is 6.50. The third-order valence-corrected chi connectivity index (χ3v) is 2.95. The van der Waals surface area contributed by atoms with Gasteiger partial charge < -0.3 is 10.1 Å². The van der Waals surface area contributed by atoms with Crippen molar-refractivity contribution in [1.29, 1.82) is 0 Å². The lowest BCUT2D eigenvalue weighted by Gasteiger charge is -2.13. The van der Waals surface area contributed by atoms with Crippen molar-refractivity contribution < 1.29 is 9.53 Å². The Bertz CT molecular complexity index is 366. The predicted octanol–water partition coefficient (Wildman–Crippen LogP) is 2.27. The first-order chi connectivity index (χ1) is 7.04. The van der Waals surface area contributed by atoms with Crippen molar-refractivity contribution in [2.45, 2.75) is 20.0 Å². The molecule has 1 aromatic rings. The van der Waals surface area contributed by atoms with Gasteiger partial charge in [-0.05, 0) is 37.6 Å². The summed E-state index contributed by atoms with van der Waals surface area (Å²) in [5, 5.41) is 2.54. The van der Waals surface area contributed by atoms with Gasteiger partial charge in [-0.1, -0.05) is 15.9 Å². The Morgan fingerprint density at radius 3 is 2.73 bits per heavy atom. The smallest absolute Gasteiger partial charge is 0.260 e. The molecule has 1 rings (SSSR count). The van der Waals surface area contributed by atoms with Gasteiger partial charge in [-0.25, -0.2) is 0 Å². The largest absolute Gasteiger partial charge is 0.481 e. The van der Waals surface area contributed by atoms with Gasteiger partial charge in [0.1, 0.15) is 5.75 Å². The fourth-order valence-corrected chi connectivity index (χ4v) is 1.40. The first-order valence-electron chi connectivity index (χ1n) is 4.69. The summed E-state index contributed by atoms with van der Waals surface area (Å²) in [4.78, 5) is 11.2. The summed E-state index contributed by atoms with van der Waals surface area (Å²) in [6, 6.07) is 5.63. The highest BCUT2D eigenvalue weighted by Gasteiger charge is 2.12. The van der Waals surface area contributed by atoms with E-state index >= 15 is 0 Å². The van der Waals surface area contributed by atoms with E-state index in [0.717, 1.165) is 10.0 Å². The van der Waals surface area contributed by atoms with Crippen LogP contribution in [0, 0.1) is 6.92 Å². The van der Waals surface area contributed by atoms with Crippen molar-refractivity contribution in [1.82, 2.24) is 5.32 Å². The topological polar surface area (TPSA) is 38.3 Å². The Morgan fingerprint density at radius 1 is 1.53 bits per heavy atom. The number of carbonyl (C=O) groups is 1.